The molecule has 46 heavy (non-hydrogen) atoms. The number of thiazole rings is 1. The summed E-state index contributed by atoms with van der Waals surface area (Å²) in [5, 5.41) is 11.9. The van der Waals surface area contributed by atoms with Gasteiger partial charge in [-0.05, 0) is 79.1 Å². The second-order valence-corrected chi connectivity index (χ2v) is 12.2. The van der Waals surface area contributed by atoms with Crippen LogP contribution in [-0.2, 0) is 22.6 Å². The fraction of sp³-hybridized carbons (Fsp3) is 0.194. The van der Waals surface area contributed by atoms with E-state index in [-0.39, 0.29) is 22.6 Å². The average Bonchev–Trinajstić information content (AvgIpc) is 3.72. The fourth-order valence-corrected chi connectivity index (χ4v) is 6.89. The van der Waals surface area contributed by atoms with Gasteiger partial charge in [-0.15, -0.1) is 0 Å². The van der Waals surface area contributed by atoms with Crippen LogP contribution in [0.5, 0.6) is 17.2 Å². The Bertz CT molecular complexity index is 2020. The number of amides is 1. The van der Waals surface area contributed by atoms with Crippen LogP contribution >= 0.6 is 11.3 Å². The van der Waals surface area contributed by atoms with Crippen molar-refractivity contribution in [3.05, 3.63) is 119 Å². The van der Waals surface area contributed by atoms with Crippen molar-refractivity contribution in [1.29, 1.82) is 0 Å². The van der Waals surface area contributed by atoms with Gasteiger partial charge in [0.25, 0.3) is 5.78 Å². The molecule has 1 saturated heterocycles. The minimum Gasteiger partial charge on any atom is -0.507 e. The Labute approximate surface area is 268 Å². The van der Waals surface area contributed by atoms with Crippen LogP contribution in [0.15, 0.2) is 90.5 Å². The number of rotatable bonds is 8. The molecule has 3 heterocycles. The van der Waals surface area contributed by atoms with Crippen LogP contribution in [0.1, 0.15) is 42.1 Å². The molecule has 0 spiro atoms. The summed E-state index contributed by atoms with van der Waals surface area (Å²) in [6.07, 6.45) is 0.639. The number of benzene rings is 4. The van der Waals surface area contributed by atoms with Crippen molar-refractivity contribution in [3.8, 4) is 17.2 Å². The molecule has 2 atom stereocenters. The topological polar surface area (TPSA) is 98.2 Å². The standard InChI is InChI=1S/C36H29FN2O6S/c1-3-43-29-17-22(9-14-28(29)44-19-21-7-5-4-6-8-21)32-31(33(40)23-10-13-27-24(16-23)15-20(2)45-27)34(41)35(42)39(32)36-38-26-12-11-25(37)18-30(26)46-36/h4-14,16-18,20,32,40H,3,15,19H2,1-2H3/t20-,32+/m0/s1. The number of carbonyl (C=O) groups excluding carboxylic acids is 2. The van der Waals surface area contributed by atoms with E-state index in [4.69, 9.17) is 14.2 Å². The molecule has 5 aromatic rings. The number of anilines is 1. The highest BCUT2D eigenvalue weighted by molar-refractivity contribution is 7.22. The number of halogens is 1. The van der Waals surface area contributed by atoms with Crippen molar-refractivity contribution in [1.82, 2.24) is 4.98 Å². The number of aliphatic hydroxyl groups excluding tert-OH is 1. The smallest absolute Gasteiger partial charge is 0.301 e. The first-order valence-electron chi connectivity index (χ1n) is 14.9. The first-order chi connectivity index (χ1) is 22.3. The van der Waals surface area contributed by atoms with E-state index < -0.39 is 23.5 Å². The Balaban J connectivity index is 1.36. The van der Waals surface area contributed by atoms with Crippen LogP contribution in [0.3, 0.4) is 0 Å². The summed E-state index contributed by atoms with van der Waals surface area (Å²) in [6.45, 7) is 4.45. The highest BCUT2D eigenvalue weighted by atomic mass is 32.1. The number of ether oxygens (including phenoxy) is 3. The van der Waals surface area contributed by atoms with E-state index in [1.165, 1.54) is 23.1 Å². The lowest BCUT2D eigenvalue weighted by atomic mass is 9.94. The van der Waals surface area contributed by atoms with E-state index >= 15 is 0 Å². The third kappa shape index (κ3) is 5.34. The van der Waals surface area contributed by atoms with Gasteiger partial charge in [-0.25, -0.2) is 9.37 Å². The SMILES string of the molecule is CCOc1cc([C@@H]2C(=C(O)c3ccc4c(c3)C[C@H](C)O4)C(=O)C(=O)N2c2nc3ccc(F)cc3s2)ccc1OCc1ccccc1. The van der Waals surface area contributed by atoms with Crippen molar-refractivity contribution in [2.24, 2.45) is 0 Å². The summed E-state index contributed by atoms with van der Waals surface area (Å²) in [5.41, 5.74) is 3.15. The Morgan fingerprint density at radius 2 is 1.85 bits per heavy atom. The summed E-state index contributed by atoms with van der Waals surface area (Å²) >= 11 is 1.09. The van der Waals surface area contributed by atoms with Gasteiger partial charge in [0, 0.05) is 12.0 Å². The summed E-state index contributed by atoms with van der Waals surface area (Å²) in [7, 11) is 0. The minimum atomic E-state index is -1.06. The van der Waals surface area contributed by atoms with Crippen LogP contribution < -0.4 is 19.1 Å². The molecular formula is C36H29FN2O6S. The predicted octanol–water partition coefficient (Wildman–Crippen LogP) is 7.36. The van der Waals surface area contributed by atoms with Gasteiger partial charge in [-0.2, -0.15) is 0 Å². The number of aliphatic hydroxyl groups is 1. The van der Waals surface area contributed by atoms with E-state index in [1.807, 2.05) is 44.2 Å². The molecule has 0 radical (unpaired) electrons. The molecule has 0 aliphatic carbocycles. The van der Waals surface area contributed by atoms with Gasteiger partial charge < -0.3 is 19.3 Å². The molecule has 10 heteroatoms. The van der Waals surface area contributed by atoms with Crippen molar-refractivity contribution in [2.75, 3.05) is 11.5 Å². The summed E-state index contributed by atoms with van der Waals surface area (Å²) in [6, 6.07) is 23.2. The zero-order valence-corrected chi connectivity index (χ0v) is 25.8. The number of ketones is 1. The highest BCUT2D eigenvalue weighted by Crippen LogP contribution is 2.46. The molecule has 8 nitrogen and oxygen atoms in total. The molecule has 4 aromatic carbocycles. The molecule has 2 aliphatic heterocycles. The Hall–Kier alpha value is -5.22. The fourth-order valence-electron chi connectivity index (χ4n) is 5.88. The third-order valence-electron chi connectivity index (χ3n) is 7.98. The van der Waals surface area contributed by atoms with Crippen LogP contribution in [0.4, 0.5) is 9.52 Å². The van der Waals surface area contributed by atoms with Crippen LogP contribution in [0.2, 0.25) is 0 Å². The molecule has 0 unspecified atom stereocenters. The quantitative estimate of drug-likeness (QED) is 0.108. The van der Waals surface area contributed by atoms with E-state index in [0.29, 0.717) is 52.5 Å². The van der Waals surface area contributed by atoms with Gasteiger partial charge in [0.05, 0.1) is 28.4 Å². The van der Waals surface area contributed by atoms with Crippen molar-refractivity contribution < 1.29 is 33.3 Å². The maximum absolute atomic E-state index is 14.1. The first kappa shape index (κ1) is 29.5. The van der Waals surface area contributed by atoms with Crippen LogP contribution in [0, 0.1) is 5.82 Å². The molecule has 1 N–H and O–H groups in total. The average molecular weight is 637 g/mol. The second kappa shape index (κ2) is 11.9. The Morgan fingerprint density at radius 1 is 1.02 bits per heavy atom. The molecule has 1 fully saturated rings. The van der Waals surface area contributed by atoms with Crippen LogP contribution in [0.25, 0.3) is 16.0 Å². The van der Waals surface area contributed by atoms with Gasteiger partial charge in [-0.1, -0.05) is 47.7 Å². The van der Waals surface area contributed by atoms with Gasteiger partial charge in [0.2, 0.25) is 0 Å². The van der Waals surface area contributed by atoms with Crippen molar-refractivity contribution in [3.63, 3.8) is 0 Å². The zero-order chi connectivity index (χ0) is 31.9. The number of nitrogens with zero attached hydrogens (tertiary/aromatic N) is 2. The molecule has 1 aromatic heterocycles. The third-order valence-corrected chi connectivity index (χ3v) is 9.00. The lowest BCUT2D eigenvalue weighted by Gasteiger charge is -2.24. The molecule has 232 valence electrons. The monoisotopic (exact) mass is 636 g/mol. The number of hydrogen-bond donors (Lipinski definition) is 1. The Morgan fingerprint density at radius 3 is 2.65 bits per heavy atom. The molecular weight excluding hydrogens is 607 g/mol. The largest absolute Gasteiger partial charge is 0.507 e. The Kier molecular flexibility index (Phi) is 7.66. The van der Waals surface area contributed by atoms with Crippen molar-refractivity contribution in [2.45, 2.75) is 39.0 Å². The van der Waals surface area contributed by atoms with Crippen LogP contribution in [-0.4, -0.2) is 34.5 Å². The minimum absolute atomic E-state index is 0.0125. The molecule has 1 amide bonds. The molecule has 2 aliphatic rings. The highest BCUT2D eigenvalue weighted by Gasteiger charge is 2.48. The number of Topliss-reactive ketones (excluding diaryl/α,β-unsaturated/α-hetero) is 1. The first-order valence-corrected chi connectivity index (χ1v) is 15.7. The van der Waals surface area contributed by atoms with E-state index in [0.717, 1.165) is 28.2 Å². The van der Waals surface area contributed by atoms with E-state index in [2.05, 4.69) is 4.98 Å². The second-order valence-electron chi connectivity index (χ2n) is 11.1. The zero-order valence-electron chi connectivity index (χ0n) is 25.0. The predicted molar refractivity (Wildman–Crippen MR) is 173 cm³/mol. The molecule has 0 saturated carbocycles. The number of aromatic nitrogens is 1. The number of fused-ring (bicyclic) bond motifs is 2. The van der Waals surface area contributed by atoms with Gasteiger partial charge in [-0.3, -0.25) is 14.5 Å². The summed E-state index contributed by atoms with van der Waals surface area (Å²) in [4.78, 5) is 33.5. The molecule has 7 rings (SSSR count). The van der Waals surface area contributed by atoms with E-state index in [1.54, 1.807) is 36.4 Å². The number of hydrogen-bond acceptors (Lipinski definition) is 8. The summed E-state index contributed by atoms with van der Waals surface area (Å²) in [5.74, 6) is -0.861. The van der Waals surface area contributed by atoms with E-state index in [9.17, 15) is 19.1 Å². The van der Waals surface area contributed by atoms with Crippen molar-refractivity contribution >= 4 is 44.1 Å². The lowest BCUT2D eigenvalue weighted by molar-refractivity contribution is -0.132. The lowest BCUT2D eigenvalue weighted by Crippen LogP contribution is -2.29. The number of carbonyl (C=O) groups is 2. The maximum atomic E-state index is 14.1. The van der Waals surface area contributed by atoms with Gasteiger partial charge >= 0.3 is 5.91 Å². The summed E-state index contributed by atoms with van der Waals surface area (Å²) < 4.78 is 32.5. The molecule has 0 bridgehead atoms. The normalized spacial score (nSPS) is 18.5. The van der Waals surface area contributed by atoms with Gasteiger partial charge in [0.15, 0.2) is 16.6 Å². The van der Waals surface area contributed by atoms with Gasteiger partial charge in [0.1, 0.15) is 30.0 Å². The maximum Gasteiger partial charge on any atom is 0.301 e.